The fourth-order valence-corrected chi connectivity index (χ4v) is 2.46. The van der Waals surface area contributed by atoms with Gasteiger partial charge in [-0.25, -0.2) is 9.18 Å². The molecule has 0 heterocycles. The minimum absolute atomic E-state index is 0.245. The minimum atomic E-state index is -0.334. The number of hydrogen-bond acceptors (Lipinski definition) is 2. The molecule has 0 aliphatic rings. The summed E-state index contributed by atoms with van der Waals surface area (Å²) in [7, 11) is 0. The molecular formula is C17H18BrFN2O2. The molecule has 6 heteroatoms. The van der Waals surface area contributed by atoms with Crippen molar-refractivity contribution in [1.82, 2.24) is 10.6 Å². The Labute approximate surface area is 142 Å². The van der Waals surface area contributed by atoms with Crippen molar-refractivity contribution in [2.75, 3.05) is 6.54 Å². The number of benzene rings is 2. The highest BCUT2D eigenvalue weighted by atomic mass is 79.9. The number of halogens is 2. The zero-order valence-electron chi connectivity index (χ0n) is 12.5. The quantitative estimate of drug-likeness (QED) is 0.668. The van der Waals surface area contributed by atoms with Gasteiger partial charge in [0.1, 0.15) is 11.6 Å². The van der Waals surface area contributed by atoms with Gasteiger partial charge >= 0.3 is 6.03 Å². The first-order valence-electron chi connectivity index (χ1n) is 7.28. The van der Waals surface area contributed by atoms with Crippen LogP contribution in [-0.2, 0) is 13.0 Å². The Bertz CT molecular complexity index is 662. The smallest absolute Gasteiger partial charge is 0.315 e. The molecule has 0 unspecified atom stereocenters. The van der Waals surface area contributed by atoms with Gasteiger partial charge in [-0.05, 0) is 54.3 Å². The summed E-state index contributed by atoms with van der Waals surface area (Å²) in [6.07, 6.45) is 1.61. The van der Waals surface area contributed by atoms with Gasteiger partial charge in [-0.1, -0.05) is 28.1 Å². The first-order chi connectivity index (χ1) is 11.0. The molecule has 0 saturated heterocycles. The van der Waals surface area contributed by atoms with Crippen molar-refractivity contribution in [1.29, 1.82) is 0 Å². The zero-order chi connectivity index (χ0) is 16.7. The van der Waals surface area contributed by atoms with E-state index >= 15 is 0 Å². The van der Waals surface area contributed by atoms with Crippen LogP contribution >= 0.6 is 15.9 Å². The van der Waals surface area contributed by atoms with E-state index in [2.05, 4.69) is 26.6 Å². The SMILES string of the molecule is O=C(NCCCc1ccc(O)cc1)NCc1cc(F)ccc1Br. The Balaban J connectivity index is 1.67. The Kier molecular flexibility index (Phi) is 6.40. The third-order valence-corrected chi connectivity index (χ3v) is 4.08. The normalized spacial score (nSPS) is 10.3. The number of urea groups is 1. The van der Waals surface area contributed by atoms with Crippen molar-refractivity contribution in [3.05, 3.63) is 63.9 Å². The highest BCUT2D eigenvalue weighted by Crippen LogP contribution is 2.17. The predicted octanol–water partition coefficient (Wildman–Crippen LogP) is 3.73. The van der Waals surface area contributed by atoms with Gasteiger partial charge in [0.15, 0.2) is 0 Å². The molecule has 0 aliphatic carbocycles. The van der Waals surface area contributed by atoms with Gasteiger partial charge in [-0.2, -0.15) is 0 Å². The second kappa shape index (κ2) is 8.53. The molecule has 23 heavy (non-hydrogen) atoms. The topological polar surface area (TPSA) is 61.4 Å². The minimum Gasteiger partial charge on any atom is -0.508 e. The van der Waals surface area contributed by atoms with E-state index < -0.39 is 0 Å². The van der Waals surface area contributed by atoms with Crippen LogP contribution in [0.1, 0.15) is 17.5 Å². The summed E-state index contributed by atoms with van der Waals surface area (Å²) >= 11 is 3.32. The molecule has 0 aromatic heterocycles. The largest absolute Gasteiger partial charge is 0.508 e. The van der Waals surface area contributed by atoms with Crippen LogP contribution < -0.4 is 10.6 Å². The van der Waals surface area contributed by atoms with E-state index in [0.717, 1.165) is 22.9 Å². The van der Waals surface area contributed by atoms with Crippen molar-refractivity contribution in [2.24, 2.45) is 0 Å². The summed E-state index contributed by atoms with van der Waals surface area (Å²) in [5, 5.41) is 14.7. The molecular weight excluding hydrogens is 363 g/mol. The number of rotatable bonds is 6. The summed E-state index contributed by atoms with van der Waals surface area (Å²) in [5.74, 6) is -0.0888. The summed E-state index contributed by atoms with van der Waals surface area (Å²) in [4.78, 5) is 11.7. The maximum absolute atomic E-state index is 13.1. The number of phenolic OH excluding ortho intramolecular Hbond substituents is 1. The molecule has 2 aromatic carbocycles. The Hall–Kier alpha value is -2.08. The van der Waals surface area contributed by atoms with Gasteiger partial charge in [-0.15, -0.1) is 0 Å². The third kappa shape index (κ3) is 5.90. The summed E-state index contributed by atoms with van der Waals surface area (Å²) in [5.41, 5.74) is 1.79. The third-order valence-electron chi connectivity index (χ3n) is 3.31. The molecule has 2 amide bonds. The fourth-order valence-electron chi connectivity index (χ4n) is 2.07. The van der Waals surface area contributed by atoms with E-state index in [1.807, 2.05) is 12.1 Å². The first kappa shape index (κ1) is 17.3. The van der Waals surface area contributed by atoms with E-state index in [9.17, 15) is 14.3 Å². The highest BCUT2D eigenvalue weighted by molar-refractivity contribution is 9.10. The molecule has 122 valence electrons. The molecule has 0 atom stereocenters. The number of aryl methyl sites for hydroxylation is 1. The van der Waals surface area contributed by atoms with Crippen LogP contribution in [0, 0.1) is 5.82 Å². The molecule has 0 saturated carbocycles. The molecule has 3 N–H and O–H groups in total. The zero-order valence-corrected chi connectivity index (χ0v) is 14.1. The number of phenols is 1. The Morgan fingerprint density at radius 3 is 2.61 bits per heavy atom. The molecule has 4 nitrogen and oxygen atoms in total. The Morgan fingerprint density at radius 1 is 1.13 bits per heavy atom. The van der Waals surface area contributed by atoms with Crippen molar-refractivity contribution in [2.45, 2.75) is 19.4 Å². The van der Waals surface area contributed by atoms with Crippen LogP contribution in [0.15, 0.2) is 46.9 Å². The average molecular weight is 381 g/mol. The van der Waals surface area contributed by atoms with Crippen molar-refractivity contribution in [3.8, 4) is 5.75 Å². The average Bonchev–Trinajstić information content (AvgIpc) is 2.54. The van der Waals surface area contributed by atoms with E-state index in [4.69, 9.17) is 0 Å². The molecule has 0 aliphatic heterocycles. The molecule has 0 bridgehead atoms. The molecule has 0 fully saturated rings. The lowest BCUT2D eigenvalue weighted by Gasteiger charge is -2.09. The van der Waals surface area contributed by atoms with E-state index in [1.54, 1.807) is 18.2 Å². The van der Waals surface area contributed by atoms with Gasteiger partial charge in [0.05, 0.1) is 0 Å². The van der Waals surface area contributed by atoms with E-state index in [-0.39, 0.29) is 24.1 Å². The molecule has 2 rings (SSSR count). The monoisotopic (exact) mass is 380 g/mol. The lowest BCUT2D eigenvalue weighted by Crippen LogP contribution is -2.35. The van der Waals surface area contributed by atoms with Crippen LogP contribution in [0.4, 0.5) is 9.18 Å². The van der Waals surface area contributed by atoms with Crippen molar-refractivity contribution in [3.63, 3.8) is 0 Å². The fraction of sp³-hybridized carbons (Fsp3) is 0.235. The molecule has 2 aromatic rings. The van der Waals surface area contributed by atoms with E-state index in [1.165, 1.54) is 12.1 Å². The van der Waals surface area contributed by atoms with Crippen LogP contribution in [0.25, 0.3) is 0 Å². The lowest BCUT2D eigenvalue weighted by atomic mass is 10.1. The molecule has 0 radical (unpaired) electrons. The van der Waals surface area contributed by atoms with Crippen LogP contribution in [0.3, 0.4) is 0 Å². The number of aromatic hydroxyl groups is 1. The van der Waals surface area contributed by atoms with Gasteiger partial charge < -0.3 is 15.7 Å². The maximum atomic E-state index is 13.1. The van der Waals surface area contributed by atoms with Crippen LogP contribution in [0.5, 0.6) is 5.75 Å². The summed E-state index contributed by atoms with van der Waals surface area (Å²) in [6.45, 7) is 0.791. The van der Waals surface area contributed by atoms with Crippen molar-refractivity contribution >= 4 is 22.0 Å². The number of hydrogen-bond donors (Lipinski definition) is 3. The Morgan fingerprint density at radius 2 is 1.87 bits per heavy atom. The lowest BCUT2D eigenvalue weighted by molar-refractivity contribution is 0.240. The second-order valence-electron chi connectivity index (χ2n) is 5.12. The summed E-state index contributed by atoms with van der Waals surface area (Å²) in [6, 6.07) is 11.1. The van der Waals surface area contributed by atoms with Gasteiger partial charge in [0.25, 0.3) is 0 Å². The number of carbonyl (C=O) groups excluding carboxylic acids is 1. The highest BCUT2D eigenvalue weighted by Gasteiger charge is 2.04. The predicted molar refractivity (Wildman–Crippen MR) is 90.8 cm³/mol. The maximum Gasteiger partial charge on any atom is 0.315 e. The molecule has 0 spiro atoms. The van der Waals surface area contributed by atoms with Crippen LogP contribution in [-0.4, -0.2) is 17.7 Å². The van der Waals surface area contributed by atoms with Crippen LogP contribution in [0.2, 0.25) is 0 Å². The number of carbonyl (C=O) groups is 1. The number of amides is 2. The van der Waals surface area contributed by atoms with Crippen molar-refractivity contribution < 1.29 is 14.3 Å². The standard InChI is InChI=1S/C17H18BrFN2O2/c18-16-8-5-14(19)10-13(16)11-21-17(23)20-9-1-2-12-3-6-15(22)7-4-12/h3-8,10,22H,1-2,9,11H2,(H2,20,21,23). The second-order valence-corrected chi connectivity index (χ2v) is 5.97. The van der Waals surface area contributed by atoms with Gasteiger partial charge in [0.2, 0.25) is 0 Å². The van der Waals surface area contributed by atoms with E-state index in [0.29, 0.717) is 12.1 Å². The van der Waals surface area contributed by atoms with Gasteiger partial charge in [-0.3, -0.25) is 0 Å². The first-order valence-corrected chi connectivity index (χ1v) is 8.07. The van der Waals surface area contributed by atoms with Gasteiger partial charge in [0, 0.05) is 17.6 Å². The number of nitrogens with one attached hydrogen (secondary N) is 2. The summed E-state index contributed by atoms with van der Waals surface area (Å²) < 4.78 is 13.9.